The van der Waals surface area contributed by atoms with Gasteiger partial charge in [0.25, 0.3) is 0 Å². The molecule has 0 spiro atoms. The molecule has 88 valence electrons. The lowest BCUT2D eigenvalue weighted by molar-refractivity contribution is 0.398. The van der Waals surface area contributed by atoms with Gasteiger partial charge in [-0.25, -0.2) is 13.8 Å². The predicted octanol–water partition coefficient (Wildman–Crippen LogP) is 3.08. The Bertz CT molecular complexity index is 563. The van der Waals surface area contributed by atoms with Gasteiger partial charge >= 0.3 is 0 Å². The Balaban J connectivity index is 2.55. The summed E-state index contributed by atoms with van der Waals surface area (Å²) in [5.41, 5.74) is 0.667. The van der Waals surface area contributed by atoms with Crippen LogP contribution in [0.3, 0.4) is 0 Å². The van der Waals surface area contributed by atoms with Crippen LogP contribution < -0.4 is 4.74 Å². The molecule has 6 heteroatoms. The van der Waals surface area contributed by atoms with E-state index in [1.165, 1.54) is 19.4 Å². The van der Waals surface area contributed by atoms with Crippen molar-refractivity contribution >= 4 is 11.6 Å². The summed E-state index contributed by atoms with van der Waals surface area (Å²) < 4.78 is 30.9. The lowest BCUT2D eigenvalue weighted by Crippen LogP contribution is -1.96. The second kappa shape index (κ2) is 4.63. The van der Waals surface area contributed by atoms with E-state index in [-0.39, 0.29) is 11.0 Å². The van der Waals surface area contributed by atoms with Gasteiger partial charge in [-0.2, -0.15) is 4.98 Å². The van der Waals surface area contributed by atoms with E-state index in [0.717, 1.165) is 12.1 Å². The summed E-state index contributed by atoms with van der Waals surface area (Å²) in [6.07, 6.45) is 1.31. The van der Waals surface area contributed by atoms with Gasteiger partial charge in [-0.05, 0) is 18.2 Å². The van der Waals surface area contributed by atoms with E-state index >= 15 is 0 Å². The molecule has 17 heavy (non-hydrogen) atoms. The van der Waals surface area contributed by atoms with E-state index in [4.69, 9.17) is 16.3 Å². The minimum atomic E-state index is -0.957. The van der Waals surface area contributed by atoms with Crippen molar-refractivity contribution in [3.63, 3.8) is 0 Å². The van der Waals surface area contributed by atoms with Crippen LogP contribution in [0.15, 0.2) is 24.4 Å². The maximum Gasteiger partial charge on any atom is 0.241 e. The number of ether oxygens (including phenoxy) is 1. The standard InChI is InChI=1S/C11H7ClF2N2O/c1-17-11-10(15-5-9(12)16-11)6-2-3-7(13)8(14)4-6/h2-5H,1H3. The number of aromatic nitrogens is 2. The van der Waals surface area contributed by atoms with E-state index in [0.29, 0.717) is 11.3 Å². The van der Waals surface area contributed by atoms with Gasteiger partial charge < -0.3 is 4.74 Å². The third kappa shape index (κ3) is 2.34. The highest BCUT2D eigenvalue weighted by molar-refractivity contribution is 6.29. The molecule has 0 atom stereocenters. The molecule has 0 N–H and O–H groups in total. The van der Waals surface area contributed by atoms with Crippen LogP contribution in [0.4, 0.5) is 8.78 Å². The minimum Gasteiger partial charge on any atom is -0.479 e. The van der Waals surface area contributed by atoms with Gasteiger partial charge in [0.2, 0.25) is 5.88 Å². The van der Waals surface area contributed by atoms with Gasteiger partial charge in [0.05, 0.1) is 13.3 Å². The first-order valence-corrected chi connectivity index (χ1v) is 5.01. The monoisotopic (exact) mass is 256 g/mol. The molecule has 0 amide bonds. The molecule has 1 aromatic heterocycles. The van der Waals surface area contributed by atoms with E-state index in [1.54, 1.807) is 0 Å². The van der Waals surface area contributed by atoms with E-state index in [2.05, 4.69) is 9.97 Å². The molecule has 0 aliphatic rings. The number of hydrogen-bond donors (Lipinski definition) is 0. The number of hydrogen-bond acceptors (Lipinski definition) is 3. The highest BCUT2D eigenvalue weighted by Gasteiger charge is 2.12. The Hall–Kier alpha value is -1.75. The Morgan fingerprint density at radius 1 is 1.24 bits per heavy atom. The maximum atomic E-state index is 13.1. The summed E-state index contributed by atoms with van der Waals surface area (Å²) in [6, 6.07) is 3.43. The zero-order valence-electron chi connectivity index (χ0n) is 8.75. The quantitative estimate of drug-likeness (QED) is 0.828. The van der Waals surface area contributed by atoms with Crippen LogP contribution in [0.5, 0.6) is 5.88 Å². The number of methoxy groups -OCH3 is 1. The van der Waals surface area contributed by atoms with Crippen molar-refractivity contribution in [2.24, 2.45) is 0 Å². The lowest BCUT2D eigenvalue weighted by Gasteiger charge is -2.06. The molecule has 0 fully saturated rings. The van der Waals surface area contributed by atoms with Crippen LogP contribution >= 0.6 is 11.6 Å². The molecule has 0 radical (unpaired) electrons. The molecule has 0 aliphatic carbocycles. The summed E-state index contributed by atoms with van der Waals surface area (Å²) >= 11 is 5.65. The summed E-state index contributed by atoms with van der Waals surface area (Å²) in [6.45, 7) is 0. The van der Waals surface area contributed by atoms with Crippen LogP contribution in [0.25, 0.3) is 11.3 Å². The Morgan fingerprint density at radius 2 is 2.00 bits per heavy atom. The molecule has 0 unspecified atom stereocenters. The number of halogens is 3. The van der Waals surface area contributed by atoms with Crippen LogP contribution in [0.1, 0.15) is 0 Å². The molecule has 2 rings (SSSR count). The van der Waals surface area contributed by atoms with E-state index in [9.17, 15) is 8.78 Å². The summed E-state index contributed by atoms with van der Waals surface area (Å²) in [7, 11) is 1.39. The van der Waals surface area contributed by atoms with Gasteiger partial charge in [-0.3, -0.25) is 0 Å². The van der Waals surface area contributed by atoms with Gasteiger partial charge in [0.15, 0.2) is 16.8 Å². The summed E-state index contributed by atoms with van der Waals surface area (Å²) in [5.74, 6) is -1.72. The molecule has 2 aromatic rings. The van der Waals surface area contributed by atoms with Gasteiger partial charge in [0.1, 0.15) is 5.69 Å². The van der Waals surface area contributed by atoms with Gasteiger partial charge in [0, 0.05) is 5.56 Å². The Morgan fingerprint density at radius 3 is 2.65 bits per heavy atom. The fourth-order valence-electron chi connectivity index (χ4n) is 1.34. The predicted molar refractivity (Wildman–Crippen MR) is 58.9 cm³/mol. The zero-order chi connectivity index (χ0) is 12.4. The first kappa shape index (κ1) is 11.7. The summed E-state index contributed by atoms with van der Waals surface area (Å²) in [5, 5.41) is 0.160. The van der Waals surface area contributed by atoms with Crippen molar-refractivity contribution in [2.75, 3.05) is 7.11 Å². The van der Waals surface area contributed by atoms with Crippen LogP contribution in [-0.4, -0.2) is 17.1 Å². The van der Waals surface area contributed by atoms with Gasteiger partial charge in [-0.1, -0.05) is 11.6 Å². The lowest BCUT2D eigenvalue weighted by atomic mass is 10.1. The normalized spacial score (nSPS) is 10.4. The van der Waals surface area contributed by atoms with Crippen molar-refractivity contribution in [2.45, 2.75) is 0 Å². The molecule has 0 aliphatic heterocycles. The van der Waals surface area contributed by atoms with Crippen molar-refractivity contribution in [3.05, 3.63) is 41.2 Å². The van der Waals surface area contributed by atoms with Crippen molar-refractivity contribution in [1.29, 1.82) is 0 Å². The molecule has 1 aromatic carbocycles. The van der Waals surface area contributed by atoms with Crippen LogP contribution in [0, 0.1) is 11.6 Å². The average Bonchev–Trinajstić information content (AvgIpc) is 2.32. The highest BCUT2D eigenvalue weighted by atomic mass is 35.5. The topological polar surface area (TPSA) is 35.0 Å². The van der Waals surface area contributed by atoms with Crippen LogP contribution in [0.2, 0.25) is 5.15 Å². The highest BCUT2D eigenvalue weighted by Crippen LogP contribution is 2.27. The van der Waals surface area contributed by atoms with Crippen molar-refractivity contribution < 1.29 is 13.5 Å². The number of nitrogens with zero attached hydrogens (tertiary/aromatic N) is 2. The van der Waals surface area contributed by atoms with Crippen LogP contribution in [-0.2, 0) is 0 Å². The Labute approximate surface area is 101 Å². The number of rotatable bonds is 2. The average molecular weight is 257 g/mol. The second-order valence-electron chi connectivity index (χ2n) is 3.18. The van der Waals surface area contributed by atoms with E-state index < -0.39 is 11.6 Å². The first-order chi connectivity index (χ1) is 8.11. The molecular formula is C11H7ClF2N2O. The van der Waals surface area contributed by atoms with Crippen molar-refractivity contribution in [1.82, 2.24) is 9.97 Å². The zero-order valence-corrected chi connectivity index (χ0v) is 9.50. The third-order valence-corrected chi connectivity index (χ3v) is 2.28. The fourth-order valence-corrected chi connectivity index (χ4v) is 1.46. The smallest absolute Gasteiger partial charge is 0.241 e. The number of benzene rings is 1. The van der Waals surface area contributed by atoms with Gasteiger partial charge in [-0.15, -0.1) is 0 Å². The summed E-state index contributed by atoms with van der Waals surface area (Å²) in [4.78, 5) is 7.87. The maximum absolute atomic E-state index is 13.1. The second-order valence-corrected chi connectivity index (χ2v) is 3.57. The first-order valence-electron chi connectivity index (χ1n) is 4.64. The molecular weight excluding hydrogens is 250 g/mol. The van der Waals surface area contributed by atoms with Crippen molar-refractivity contribution in [3.8, 4) is 17.1 Å². The minimum absolute atomic E-state index is 0.156. The fraction of sp³-hybridized carbons (Fsp3) is 0.0909. The largest absolute Gasteiger partial charge is 0.479 e. The molecule has 0 saturated carbocycles. The SMILES string of the molecule is COc1nc(Cl)cnc1-c1ccc(F)c(F)c1. The van der Waals surface area contributed by atoms with E-state index in [1.807, 2.05) is 0 Å². The molecule has 1 heterocycles. The molecule has 0 bridgehead atoms. The molecule has 0 saturated heterocycles. The molecule has 3 nitrogen and oxygen atoms in total. The third-order valence-electron chi connectivity index (χ3n) is 2.10. The Kier molecular flexibility index (Phi) is 3.19.